The second-order valence-electron chi connectivity index (χ2n) is 4.81. The van der Waals surface area contributed by atoms with Crippen LogP contribution in [0.25, 0.3) is 0 Å². The van der Waals surface area contributed by atoms with Gasteiger partial charge in [0, 0.05) is 12.5 Å². The number of nitro groups is 1. The van der Waals surface area contributed by atoms with Gasteiger partial charge in [-0.3, -0.25) is 14.9 Å². The van der Waals surface area contributed by atoms with E-state index in [1.165, 1.54) is 24.0 Å². The first-order valence-corrected chi connectivity index (χ1v) is 8.18. The minimum Gasteiger partial charge on any atom is -0.480 e. The molecule has 1 amide bonds. The minimum absolute atomic E-state index is 0.0654. The van der Waals surface area contributed by atoms with Crippen molar-refractivity contribution in [2.24, 2.45) is 0 Å². The molecule has 1 atom stereocenters. The number of rotatable bonds is 10. The summed E-state index contributed by atoms with van der Waals surface area (Å²) in [4.78, 5) is 36.6. The van der Waals surface area contributed by atoms with Gasteiger partial charge < -0.3 is 10.4 Å². The number of nitrogens with zero attached hydrogens (tertiary/aromatic N) is 2. The predicted octanol–water partition coefficient (Wildman–Crippen LogP) is 2.23. The molecule has 0 aliphatic heterocycles. The zero-order valence-electron chi connectivity index (χ0n) is 12.7. The van der Waals surface area contributed by atoms with Crippen LogP contribution >= 0.6 is 11.8 Å². The van der Waals surface area contributed by atoms with E-state index in [4.69, 9.17) is 5.11 Å². The Labute approximate surface area is 137 Å². The van der Waals surface area contributed by atoms with Gasteiger partial charge in [0.2, 0.25) is 5.91 Å². The van der Waals surface area contributed by atoms with Gasteiger partial charge >= 0.3 is 5.97 Å². The summed E-state index contributed by atoms with van der Waals surface area (Å²) in [6, 6.07) is 2.10. The summed E-state index contributed by atoms with van der Waals surface area (Å²) in [7, 11) is 0. The third kappa shape index (κ3) is 7.09. The molecule has 2 N–H and O–H groups in total. The Kier molecular flexibility index (Phi) is 8.03. The molecule has 1 unspecified atom stereocenters. The fourth-order valence-corrected chi connectivity index (χ4v) is 2.58. The highest BCUT2D eigenvalue weighted by atomic mass is 32.2. The number of hydrogen-bond donors (Lipinski definition) is 2. The molecule has 0 fully saturated rings. The minimum atomic E-state index is -1.02. The summed E-state index contributed by atoms with van der Waals surface area (Å²) in [6.45, 7) is 1.86. The zero-order valence-corrected chi connectivity index (χ0v) is 13.5. The number of thioether (sulfide) groups is 1. The van der Waals surface area contributed by atoms with Crippen molar-refractivity contribution < 1.29 is 19.6 Å². The predicted molar refractivity (Wildman–Crippen MR) is 85.3 cm³/mol. The SMILES string of the molecule is CCCC(NC(=O)CCCSc1ccc([N+](=O)[O-])cn1)C(=O)O. The van der Waals surface area contributed by atoms with Crippen molar-refractivity contribution in [2.45, 2.75) is 43.7 Å². The molecule has 0 bridgehead atoms. The topological polar surface area (TPSA) is 122 Å². The monoisotopic (exact) mass is 341 g/mol. The average molecular weight is 341 g/mol. The zero-order chi connectivity index (χ0) is 17.2. The van der Waals surface area contributed by atoms with Gasteiger partial charge in [-0.25, -0.2) is 9.78 Å². The lowest BCUT2D eigenvalue weighted by molar-refractivity contribution is -0.385. The molecule has 23 heavy (non-hydrogen) atoms. The standard InChI is InChI=1S/C14H19N3O5S/c1-2-4-11(14(19)20)16-12(18)5-3-8-23-13-7-6-10(9-15-13)17(21)22/h6-7,9,11H,2-5,8H2,1H3,(H,16,18)(H,19,20). The summed E-state index contributed by atoms with van der Waals surface area (Å²) in [5.41, 5.74) is -0.0654. The second kappa shape index (κ2) is 9.78. The maximum Gasteiger partial charge on any atom is 0.326 e. The van der Waals surface area contributed by atoms with Crippen LogP contribution in [0.15, 0.2) is 23.4 Å². The number of carbonyl (C=O) groups is 2. The van der Waals surface area contributed by atoms with Crippen molar-refractivity contribution in [3.8, 4) is 0 Å². The van der Waals surface area contributed by atoms with E-state index < -0.39 is 16.9 Å². The molecule has 0 saturated carbocycles. The lowest BCUT2D eigenvalue weighted by atomic mass is 10.1. The molecule has 1 rings (SSSR count). The number of carboxylic acid groups (broad SMARTS) is 1. The number of pyridine rings is 1. The second-order valence-corrected chi connectivity index (χ2v) is 5.93. The molecule has 1 aromatic rings. The normalized spacial score (nSPS) is 11.7. The van der Waals surface area contributed by atoms with Gasteiger partial charge in [0.05, 0.1) is 9.95 Å². The van der Waals surface area contributed by atoms with Gasteiger partial charge in [-0.05, 0) is 24.7 Å². The first-order valence-electron chi connectivity index (χ1n) is 7.19. The molecule has 0 saturated heterocycles. The van der Waals surface area contributed by atoms with Gasteiger partial charge in [-0.2, -0.15) is 0 Å². The Morgan fingerprint density at radius 1 is 1.48 bits per heavy atom. The number of carboxylic acids is 1. The highest BCUT2D eigenvalue weighted by Gasteiger charge is 2.18. The molecule has 126 valence electrons. The third-order valence-corrected chi connectivity index (χ3v) is 3.97. The van der Waals surface area contributed by atoms with Crippen LogP contribution in [0.1, 0.15) is 32.6 Å². The van der Waals surface area contributed by atoms with Gasteiger partial charge in [0.15, 0.2) is 0 Å². The highest BCUT2D eigenvalue weighted by Crippen LogP contribution is 2.19. The lowest BCUT2D eigenvalue weighted by Crippen LogP contribution is -2.40. The Hall–Kier alpha value is -2.16. The summed E-state index contributed by atoms with van der Waals surface area (Å²) < 4.78 is 0. The smallest absolute Gasteiger partial charge is 0.326 e. The maximum absolute atomic E-state index is 11.7. The van der Waals surface area contributed by atoms with E-state index in [0.717, 1.165) is 0 Å². The number of aliphatic carboxylic acids is 1. The van der Waals surface area contributed by atoms with Gasteiger partial charge in [-0.15, -0.1) is 11.8 Å². The first kappa shape index (κ1) is 18.9. The molecular formula is C14H19N3O5S. The van der Waals surface area contributed by atoms with Crippen molar-refractivity contribution in [1.29, 1.82) is 0 Å². The first-order chi connectivity index (χ1) is 10.9. The van der Waals surface area contributed by atoms with Gasteiger partial charge in [-0.1, -0.05) is 13.3 Å². The van der Waals surface area contributed by atoms with Gasteiger partial charge in [0.25, 0.3) is 5.69 Å². The Morgan fingerprint density at radius 3 is 2.74 bits per heavy atom. The van der Waals surface area contributed by atoms with Gasteiger partial charge in [0.1, 0.15) is 12.2 Å². The number of carbonyl (C=O) groups excluding carboxylic acids is 1. The van der Waals surface area contributed by atoms with E-state index in [1.807, 2.05) is 6.92 Å². The number of amides is 1. The summed E-state index contributed by atoms with van der Waals surface area (Å²) in [6.07, 6.45) is 3.07. The molecule has 1 aromatic heterocycles. The van der Waals surface area contributed by atoms with Crippen molar-refractivity contribution in [2.75, 3.05) is 5.75 Å². The third-order valence-electron chi connectivity index (χ3n) is 2.94. The fraction of sp³-hybridized carbons (Fsp3) is 0.500. The number of aromatic nitrogens is 1. The van der Waals surface area contributed by atoms with Crippen LogP contribution in [-0.2, 0) is 9.59 Å². The van der Waals surface area contributed by atoms with E-state index in [2.05, 4.69) is 10.3 Å². The largest absolute Gasteiger partial charge is 0.480 e. The molecular weight excluding hydrogens is 322 g/mol. The molecule has 1 heterocycles. The van der Waals surface area contributed by atoms with E-state index in [1.54, 1.807) is 6.07 Å². The Bertz CT molecular complexity index is 550. The average Bonchev–Trinajstić information content (AvgIpc) is 2.51. The van der Waals surface area contributed by atoms with Crippen LogP contribution in [0.5, 0.6) is 0 Å². The fourth-order valence-electron chi connectivity index (χ4n) is 1.79. The Balaban J connectivity index is 2.29. The molecule has 0 aromatic carbocycles. The summed E-state index contributed by atoms with van der Waals surface area (Å²) in [5, 5.41) is 22.6. The molecule has 8 nitrogen and oxygen atoms in total. The molecule has 0 aliphatic rings. The van der Waals surface area contributed by atoms with Crippen molar-refractivity contribution in [3.05, 3.63) is 28.4 Å². The molecule has 9 heteroatoms. The summed E-state index contributed by atoms with van der Waals surface area (Å²) in [5.74, 6) is -0.697. The van der Waals surface area contributed by atoms with E-state index in [9.17, 15) is 19.7 Å². The Morgan fingerprint density at radius 2 is 2.22 bits per heavy atom. The van der Waals surface area contributed by atoms with E-state index >= 15 is 0 Å². The van der Waals surface area contributed by atoms with Crippen LogP contribution in [0.4, 0.5) is 5.69 Å². The number of nitrogens with one attached hydrogen (secondary N) is 1. The molecule has 0 radical (unpaired) electrons. The van der Waals surface area contributed by atoms with E-state index in [-0.39, 0.29) is 18.0 Å². The van der Waals surface area contributed by atoms with Crippen LogP contribution in [0.3, 0.4) is 0 Å². The van der Waals surface area contributed by atoms with Crippen LogP contribution < -0.4 is 5.32 Å². The van der Waals surface area contributed by atoms with Crippen LogP contribution in [-0.4, -0.2) is 38.7 Å². The highest BCUT2D eigenvalue weighted by molar-refractivity contribution is 7.99. The van der Waals surface area contributed by atoms with Crippen molar-refractivity contribution in [3.63, 3.8) is 0 Å². The van der Waals surface area contributed by atoms with E-state index in [0.29, 0.717) is 30.0 Å². The lowest BCUT2D eigenvalue weighted by Gasteiger charge is -2.13. The quantitative estimate of drug-likeness (QED) is 0.289. The summed E-state index contributed by atoms with van der Waals surface area (Å²) >= 11 is 1.39. The van der Waals surface area contributed by atoms with Crippen LogP contribution in [0.2, 0.25) is 0 Å². The maximum atomic E-state index is 11.7. The number of hydrogen-bond acceptors (Lipinski definition) is 6. The van der Waals surface area contributed by atoms with Crippen LogP contribution in [0, 0.1) is 10.1 Å². The molecule has 0 spiro atoms. The van der Waals surface area contributed by atoms with Crippen molar-refractivity contribution >= 4 is 29.3 Å². The molecule has 0 aliphatic carbocycles. The van der Waals surface area contributed by atoms with Crippen molar-refractivity contribution in [1.82, 2.24) is 10.3 Å².